The lowest BCUT2D eigenvalue weighted by Gasteiger charge is -2.39. The molecule has 1 heterocycles. The van der Waals surface area contributed by atoms with Crippen molar-refractivity contribution >= 4 is 17.1 Å². The Bertz CT molecular complexity index is 2890. The second-order valence-corrected chi connectivity index (χ2v) is 14.9. The van der Waals surface area contributed by atoms with Gasteiger partial charge in [0.25, 0.3) is 0 Å². The molecule has 0 amide bonds. The first-order valence-electron chi connectivity index (χ1n) is 19.6. The average Bonchev–Trinajstić information content (AvgIpc) is 3.57. The maximum Gasteiger partial charge on any atom is 0.132 e. The third-order valence-electron chi connectivity index (χ3n) is 11.7. The van der Waals surface area contributed by atoms with Crippen LogP contribution in [0.15, 0.2) is 224 Å². The molecule has 2 nitrogen and oxygen atoms in total. The molecule has 2 heteroatoms. The van der Waals surface area contributed by atoms with E-state index in [1.807, 2.05) is 0 Å². The molecular weight excluding hydrogens is 691 g/mol. The lowest BCUT2D eigenvalue weighted by molar-refractivity contribution is 0.436. The van der Waals surface area contributed by atoms with Crippen molar-refractivity contribution in [1.29, 1.82) is 0 Å². The van der Waals surface area contributed by atoms with Crippen LogP contribution in [0.1, 0.15) is 22.3 Å². The number of hydrogen-bond donors (Lipinski definition) is 0. The molecule has 0 radical (unpaired) electrons. The van der Waals surface area contributed by atoms with E-state index in [0.29, 0.717) is 0 Å². The Hall–Kier alpha value is -7.42. The average molecular weight is 728 g/mol. The lowest BCUT2D eigenvalue weighted by Crippen LogP contribution is -2.32. The number of nitrogens with zero attached hydrogens (tertiary/aromatic N) is 1. The van der Waals surface area contributed by atoms with Crippen molar-refractivity contribution in [3.8, 4) is 56.0 Å². The molecule has 57 heavy (non-hydrogen) atoms. The van der Waals surface area contributed by atoms with Crippen molar-refractivity contribution in [3.05, 3.63) is 247 Å². The van der Waals surface area contributed by atoms with Gasteiger partial charge in [-0.25, -0.2) is 0 Å². The van der Waals surface area contributed by atoms with E-state index in [-0.39, 0.29) is 0 Å². The van der Waals surface area contributed by atoms with E-state index in [1.54, 1.807) is 0 Å². The Morgan fingerprint density at radius 2 is 0.719 bits per heavy atom. The second-order valence-electron chi connectivity index (χ2n) is 14.9. The van der Waals surface area contributed by atoms with Crippen molar-refractivity contribution in [2.75, 3.05) is 4.90 Å². The van der Waals surface area contributed by atoms with Crippen LogP contribution in [0.5, 0.6) is 11.5 Å². The van der Waals surface area contributed by atoms with Crippen LogP contribution in [-0.2, 0) is 5.41 Å². The molecule has 1 spiro atoms. The van der Waals surface area contributed by atoms with Crippen LogP contribution >= 0.6 is 0 Å². The SMILES string of the molecule is c1ccc(-c2ccc(N(c3cccc(-c4ccccc4)c3)c3cccc(-c4ccc5c(c4)-c4ccccc4C54c5ccccc5Oc5ccccc54)c3)cc2)cc1. The van der Waals surface area contributed by atoms with Crippen LogP contribution in [0.4, 0.5) is 17.1 Å². The molecule has 2 aliphatic rings. The number of para-hydroxylation sites is 2. The van der Waals surface area contributed by atoms with Gasteiger partial charge in [0.1, 0.15) is 11.5 Å². The zero-order valence-electron chi connectivity index (χ0n) is 31.2. The Kier molecular flexibility index (Phi) is 7.75. The third kappa shape index (κ3) is 5.33. The second kappa shape index (κ2) is 13.4. The summed E-state index contributed by atoms with van der Waals surface area (Å²) >= 11 is 0. The molecular formula is C55H37NO. The van der Waals surface area contributed by atoms with E-state index < -0.39 is 5.41 Å². The van der Waals surface area contributed by atoms with Crippen molar-refractivity contribution in [1.82, 2.24) is 0 Å². The summed E-state index contributed by atoms with van der Waals surface area (Å²) in [5, 5.41) is 0. The summed E-state index contributed by atoms with van der Waals surface area (Å²) < 4.78 is 6.55. The summed E-state index contributed by atoms with van der Waals surface area (Å²) in [6.45, 7) is 0. The minimum absolute atomic E-state index is 0.482. The van der Waals surface area contributed by atoms with E-state index in [2.05, 4.69) is 229 Å². The van der Waals surface area contributed by atoms with E-state index in [9.17, 15) is 0 Å². The van der Waals surface area contributed by atoms with E-state index >= 15 is 0 Å². The molecule has 1 aliphatic heterocycles. The monoisotopic (exact) mass is 727 g/mol. The Morgan fingerprint density at radius 3 is 1.35 bits per heavy atom. The number of hydrogen-bond acceptors (Lipinski definition) is 2. The van der Waals surface area contributed by atoms with Gasteiger partial charge in [-0.3, -0.25) is 0 Å². The Morgan fingerprint density at radius 1 is 0.281 bits per heavy atom. The number of fused-ring (bicyclic) bond motifs is 9. The maximum absolute atomic E-state index is 6.55. The zero-order valence-corrected chi connectivity index (χ0v) is 31.2. The molecule has 0 unspecified atom stereocenters. The van der Waals surface area contributed by atoms with E-state index in [1.165, 1.54) is 61.2 Å². The van der Waals surface area contributed by atoms with Crippen LogP contribution in [0.3, 0.4) is 0 Å². The number of ether oxygens (including phenoxy) is 1. The zero-order chi connectivity index (χ0) is 37.8. The van der Waals surface area contributed by atoms with Gasteiger partial charge in [-0.15, -0.1) is 0 Å². The Balaban J connectivity index is 1.06. The molecule has 0 fully saturated rings. The number of rotatable bonds is 6. The van der Waals surface area contributed by atoms with Gasteiger partial charge >= 0.3 is 0 Å². The molecule has 11 rings (SSSR count). The highest BCUT2D eigenvalue weighted by Gasteiger charge is 2.50. The van der Waals surface area contributed by atoms with Crippen LogP contribution in [0.25, 0.3) is 44.5 Å². The molecule has 9 aromatic carbocycles. The lowest BCUT2D eigenvalue weighted by atomic mass is 9.66. The van der Waals surface area contributed by atoms with Crippen LogP contribution in [0, 0.1) is 0 Å². The van der Waals surface area contributed by atoms with Crippen molar-refractivity contribution in [2.24, 2.45) is 0 Å². The molecule has 0 atom stereocenters. The summed E-state index contributed by atoms with van der Waals surface area (Å²) in [6, 6.07) is 81.0. The standard InChI is InChI=1S/C55H37NO/c1-3-15-38(16-4-1)40-29-32-44(33-30-40)56(45-21-13-19-41(35-45)39-17-5-2-6-18-39)46-22-14-20-42(36-46)43-31-34-50-48(37-43)47-23-7-8-24-49(47)55(50)51-25-9-11-27-53(51)57-54-28-12-10-26-52(54)55/h1-37H. The normalized spacial score (nSPS) is 12.8. The molecule has 0 saturated heterocycles. The van der Waals surface area contributed by atoms with Crippen molar-refractivity contribution < 1.29 is 4.74 Å². The smallest absolute Gasteiger partial charge is 0.132 e. The highest BCUT2D eigenvalue weighted by Crippen LogP contribution is 2.62. The molecule has 0 N–H and O–H groups in total. The first-order chi connectivity index (χ1) is 28.3. The maximum atomic E-state index is 6.55. The van der Waals surface area contributed by atoms with E-state index in [4.69, 9.17) is 4.74 Å². The molecule has 268 valence electrons. The topological polar surface area (TPSA) is 12.5 Å². The van der Waals surface area contributed by atoms with Crippen molar-refractivity contribution in [3.63, 3.8) is 0 Å². The van der Waals surface area contributed by atoms with Gasteiger partial charge in [-0.2, -0.15) is 0 Å². The molecule has 1 aliphatic carbocycles. The molecule has 0 aromatic heterocycles. The summed E-state index contributed by atoms with van der Waals surface area (Å²) in [7, 11) is 0. The fourth-order valence-corrected chi connectivity index (χ4v) is 9.20. The van der Waals surface area contributed by atoms with Crippen LogP contribution < -0.4 is 9.64 Å². The predicted octanol–water partition coefficient (Wildman–Crippen LogP) is 14.6. The highest BCUT2D eigenvalue weighted by molar-refractivity contribution is 5.91. The van der Waals surface area contributed by atoms with E-state index in [0.717, 1.165) is 34.1 Å². The predicted molar refractivity (Wildman–Crippen MR) is 235 cm³/mol. The summed E-state index contributed by atoms with van der Waals surface area (Å²) in [5.74, 6) is 1.81. The fraction of sp³-hybridized carbons (Fsp3) is 0.0182. The summed E-state index contributed by atoms with van der Waals surface area (Å²) in [6.07, 6.45) is 0. The third-order valence-corrected chi connectivity index (χ3v) is 11.7. The minimum Gasteiger partial charge on any atom is -0.457 e. The van der Waals surface area contributed by atoms with Crippen molar-refractivity contribution in [2.45, 2.75) is 5.41 Å². The first-order valence-corrected chi connectivity index (χ1v) is 19.6. The van der Waals surface area contributed by atoms with Gasteiger partial charge in [-0.05, 0) is 110 Å². The Labute approximate surface area is 333 Å². The van der Waals surface area contributed by atoms with Gasteiger partial charge in [-0.1, -0.05) is 170 Å². The highest BCUT2D eigenvalue weighted by atomic mass is 16.5. The summed E-state index contributed by atoms with van der Waals surface area (Å²) in [5.41, 5.74) is 17.3. The summed E-state index contributed by atoms with van der Waals surface area (Å²) in [4.78, 5) is 2.37. The quantitative estimate of drug-likeness (QED) is 0.169. The van der Waals surface area contributed by atoms with Gasteiger partial charge in [0.2, 0.25) is 0 Å². The van der Waals surface area contributed by atoms with Crippen LogP contribution in [0.2, 0.25) is 0 Å². The number of benzene rings is 9. The molecule has 0 saturated carbocycles. The van der Waals surface area contributed by atoms with Gasteiger partial charge in [0.05, 0.1) is 5.41 Å². The van der Waals surface area contributed by atoms with Gasteiger partial charge in [0, 0.05) is 28.2 Å². The van der Waals surface area contributed by atoms with Gasteiger partial charge in [0.15, 0.2) is 0 Å². The van der Waals surface area contributed by atoms with Gasteiger partial charge < -0.3 is 9.64 Å². The first kappa shape index (κ1) is 33.0. The number of anilines is 3. The largest absolute Gasteiger partial charge is 0.457 e. The van der Waals surface area contributed by atoms with Crippen LogP contribution in [-0.4, -0.2) is 0 Å². The molecule has 9 aromatic rings. The fourth-order valence-electron chi connectivity index (χ4n) is 9.20. The minimum atomic E-state index is -0.482. The molecule has 0 bridgehead atoms.